The minimum atomic E-state index is 0.255. The zero-order valence-electron chi connectivity index (χ0n) is 12.4. The van der Waals surface area contributed by atoms with Gasteiger partial charge in [0.2, 0.25) is 5.91 Å². The first-order valence-corrected chi connectivity index (χ1v) is 8.16. The minimum absolute atomic E-state index is 0.255. The molecular formula is C16H30N2O. The van der Waals surface area contributed by atoms with Gasteiger partial charge in [0.05, 0.1) is 0 Å². The predicted molar refractivity (Wildman–Crippen MR) is 78.6 cm³/mol. The lowest BCUT2D eigenvalue weighted by Crippen LogP contribution is -2.37. The van der Waals surface area contributed by atoms with Gasteiger partial charge in [-0.05, 0) is 62.8 Å². The molecule has 2 rings (SSSR count). The summed E-state index contributed by atoms with van der Waals surface area (Å²) in [4.78, 5) is 12.2. The van der Waals surface area contributed by atoms with E-state index in [-0.39, 0.29) is 5.92 Å². The van der Waals surface area contributed by atoms with Crippen LogP contribution in [0.25, 0.3) is 0 Å². The molecule has 110 valence electrons. The zero-order valence-corrected chi connectivity index (χ0v) is 12.4. The van der Waals surface area contributed by atoms with Crippen LogP contribution in [0.3, 0.4) is 0 Å². The van der Waals surface area contributed by atoms with Crippen LogP contribution in [0.4, 0.5) is 0 Å². The summed E-state index contributed by atoms with van der Waals surface area (Å²) in [5.41, 5.74) is 5.69. The molecule has 19 heavy (non-hydrogen) atoms. The van der Waals surface area contributed by atoms with E-state index in [1.54, 1.807) is 0 Å². The van der Waals surface area contributed by atoms with Crippen molar-refractivity contribution in [2.75, 3.05) is 13.1 Å². The van der Waals surface area contributed by atoms with Crippen molar-refractivity contribution >= 4 is 5.91 Å². The quantitative estimate of drug-likeness (QED) is 0.822. The number of rotatable bonds is 4. The van der Waals surface area contributed by atoms with Crippen LogP contribution in [0.1, 0.15) is 58.3 Å². The number of hydrogen-bond donors (Lipinski definition) is 2. The van der Waals surface area contributed by atoms with E-state index in [1.165, 1.54) is 25.7 Å². The van der Waals surface area contributed by atoms with Crippen molar-refractivity contribution in [1.29, 1.82) is 0 Å². The Bertz CT molecular complexity index is 276. The minimum Gasteiger partial charge on any atom is -0.356 e. The lowest BCUT2D eigenvalue weighted by atomic mass is 9.81. The first kappa shape index (κ1) is 14.8. The van der Waals surface area contributed by atoms with Gasteiger partial charge in [-0.3, -0.25) is 4.79 Å². The summed E-state index contributed by atoms with van der Waals surface area (Å²) in [6.45, 7) is 4.03. The molecule has 2 aliphatic carbocycles. The fraction of sp³-hybridized carbons (Fsp3) is 0.938. The second kappa shape index (κ2) is 7.28. The Morgan fingerprint density at radius 1 is 1.00 bits per heavy atom. The van der Waals surface area contributed by atoms with Crippen molar-refractivity contribution in [2.24, 2.45) is 29.4 Å². The van der Waals surface area contributed by atoms with E-state index in [2.05, 4.69) is 12.2 Å². The van der Waals surface area contributed by atoms with E-state index in [9.17, 15) is 4.79 Å². The summed E-state index contributed by atoms with van der Waals surface area (Å²) in [5, 5.41) is 3.20. The second-order valence-corrected chi connectivity index (χ2v) is 6.82. The number of carbonyl (C=O) groups is 1. The van der Waals surface area contributed by atoms with Gasteiger partial charge in [-0.15, -0.1) is 0 Å². The highest BCUT2D eigenvalue weighted by Crippen LogP contribution is 2.29. The Kier molecular flexibility index (Phi) is 5.68. The molecule has 0 bridgehead atoms. The maximum Gasteiger partial charge on any atom is 0.223 e. The van der Waals surface area contributed by atoms with E-state index in [1.807, 2.05) is 0 Å². The van der Waals surface area contributed by atoms with Crippen LogP contribution >= 0.6 is 0 Å². The molecule has 0 aromatic heterocycles. The third-order valence-corrected chi connectivity index (χ3v) is 5.25. The van der Waals surface area contributed by atoms with Crippen LogP contribution in [-0.2, 0) is 4.79 Å². The molecule has 3 nitrogen and oxygen atoms in total. The molecule has 0 aromatic rings. The summed E-state index contributed by atoms with van der Waals surface area (Å²) in [6.07, 6.45) is 9.60. The molecule has 0 saturated heterocycles. The smallest absolute Gasteiger partial charge is 0.223 e. The number of hydrogen-bond acceptors (Lipinski definition) is 2. The van der Waals surface area contributed by atoms with Crippen molar-refractivity contribution in [3.05, 3.63) is 0 Å². The standard InChI is InChI=1S/C16H30N2O/c1-12-2-4-14(5-3-12)11-18-16(19)15-8-6-13(10-17)7-9-15/h12-15H,2-11,17H2,1H3,(H,18,19). The highest BCUT2D eigenvalue weighted by atomic mass is 16.1. The van der Waals surface area contributed by atoms with E-state index >= 15 is 0 Å². The van der Waals surface area contributed by atoms with Crippen LogP contribution in [-0.4, -0.2) is 19.0 Å². The second-order valence-electron chi connectivity index (χ2n) is 6.82. The van der Waals surface area contributed by atoms with Gasteiger partial charge >= 0.3 is 0 Å². The highest BCUT2D eigenvalue weighted by Gasteiger charge is 2.26. The number of carbonyl (C=O) groups excluding carboxylic acids is 1. The van der Waals surface area contributed by atoms with Crippen molar-refractivity contribution in [1.82, 2.24) is 5.32 Å². The third kappa shape index (κ3) is 4.48. The maximum absolute atomic E-state index is 12.2. The molecule has 0 unspecified atom stereocenters. The van der Waals surface area contributed by atoms with Crippen LogP contribution in [0, 0.1) is 23.7 Å². The highest BCUT2D eigenvalue weighted by molar-refractivity contribution is 5.78. The molecule has 1 amide bonds. The van der Waals surface area contributed by atoms with Crippen molar-refractivity contribution in [3.8, 4) is 0 Å². The van der Waals surface area contributed by atoms with Gasteiger partial charge in [-0.25, -0.2) is 0 Å². The van der Waals surface area contributed by atoms with Crippen LogP contribution in [0.2, 0.25) is 0 Å². The fourth-order valence-electron chi connectivity index (χ4n) is 3.58. The van der Waals surface area contributed by atoms with Crippen molar-refractivity contribution in [2.45, 2.75) is 58.3 Å². The van der Waals surface area contributed by atoms with Gasteiger partial charge < -0.3 is 11.1 Å². The van der Waals surface area contributed by atoms with E-state index in [0.29, 0.717) is 11.8 Å². The summed E-state index contributed by atoms with van der Waals surface area (Å²) in [7, 11) is 0. The monoisotopic (exact) mass is 266 g/mol. The SMILES string of the molecule is CC1CCC(CNC(=O)C2CCC(CN)CC2)CC1. The first-order valence-electron chi connectivity index (χ1n) is 8.16. The Morgan fingerprint density at radius 2 is 1.58 bits per heavy atom. The number of nitrogens with one attached hydrogen (secondary N) is 1. The van der Waals surface area contributed by atoms with Gasteiger partial charge in [0.15, 0.2) is 0 Å². The Labute approximate surface area is 117 Å². The molecule has 0 heterocycles. The molecule has 0 aliphatic heterocycles. The average Bonchev–Trinajstić information content (AvgIpc) is 2.46. The van der Waals surface area contributed by atoms with Gasteiger partial charge in [-0.1, -0.05) is 19.8 Å². The summed E-state index contributed by atoms with van der Waals surface area (Å²) < 4.78 is 0. The number of amides is 1. The molecular weight excluding hydrogens is 236 g/mol. The molecule has 0 aromatic carbocycles. The molecule has 3 N–H and O–H groups in total. The summed E-state index contributed by atoms with van der Waals surface area (Å²) >= 11 is 0. The molecule has 0 radical (unpaired) electrons. The summed E-state index contributed by atoms with van der Waals surface area (Å²) in [6, 6.07) is 0. The van der Waals surface area contributed by atoms with Crippen LogP contribution in [0.15, 0.2) is 0 Å². The lowest BCUT2D eigenvalue weighted by Gasteiger charge is -2.29. The van der Waals surface area contributed by atoms with Gasteiger partial charge in [0, 0.05) is 12.5 Å². The molecule has 0 spiro atoms. The molecule has 2 aliphatic rings. The largest absolute Gasteiger partial charge is 0.356 e. The lowest BCUT2D eigenvalue weighted by molar-refractivity contribution is -0.126. The average molecular weight is 266 g/mol. The molecule has 2 saturated carbocycles. The van der Waals surface area contributed by atoms with Crippen molar-refractivity contribution in [3.63, 3.8) is 0 Å². The maximum atomic E-state index is 12.2. The van der Waals surface area contributed by atoms with Gasteiger partial charge in [0.25, 0.3) is 0 Å². The van der Waals surface area contributed by atoms with Crippen LogP contribution < -0.4 is 11.1 Å². The van der Waals surface area contributed by atoms with Crippen LogP contribution in [0.5, 0.6) is 0 Å². The van der Waals surface area contributed by atoms with Crippen molar-refractivity contribution < 1.29 is 4.79 Å². The van der Waals surface area contributed by atoms with Gasteiger partial charge in [-0.2, -0.15) is 0 Å². The van der Waals surface area contributed by atoms with E-state index < -0.39 is 0 Å². The Hall–Kier alpha value is -0.570. The molecule has 3 heteroatoms. The predicted octanol–water partition coefficient (Wildman–Crippen LogP) is 2.69. The zero-order chi connectivity index (χ0) is 13.7. The third-order valence-electron chi connectivity index (χ3n) is 5.25. The summed E-state index contributed by atoms with van der Waals surface area (Å²) in [5.74, 6) is 2.82. The van der Waals surface area contributed by atoms with E-state index in [4.69, 9.17) is 5.73 Å². The number of nitrogens with two attached hydrogens (primary N) is 1. The Morgan fingerprint density at radius 3 is 2.16 bits per heavy atom. The van der Waals surface area contributed by atoms with E-state index in [0.717, 1.165) is 50.6 Å². The Balaban J connectivity index is 1.64. The normalized spacial score (nSPS) is 35.9. The molecule has 0 atom stereocenters. The first-order chi connectivity index (χ1) is 9.19. The molecule has 2 fully saturated rings. The fourth-order valence-corrected chi connectivity index (χ4v) is 3.58. The topological polar surface area (TPSA) is 55.1 Å². The van der Waals surface area contributed by atoms with Gasteiger partial charge in [0.1, 0.15) is 0 Å².